The fraction of sp³-hybridized carbons (Fsp3) is 0.217. The minimum Gasteiger partial charge on any atom is -0.493 e. The van der Waals surface area contributed by atoms with Gasteiger partial charge in [0.25, 0.3) is 0 Å². The van der Waals surface area contributed by atoms with Crippen LogP contribution < -0.4 is 4.90 Å². The topological polar surface area (TPSA) is 71.2 Å². The SMILES string of the molecule is CN1/C(=C\C=C\C=N)C(C)(C)c2ccccc21.Cc1ccccc1C(=N)O.[Co]. The van der Waals surface area contributed by atoms with Gasteiger partial charge >= 0.3 is 0 Å². The van der Waals surface area contributed by atoms with Crippen molar-refractivity contribution in [1.29, 1.82) is 10.8 Å². The van der Waals surface area contributed by atoms with Crippen molar-refractivity contribution in [3.8, 4) is 0 Å². The Hall–Kier alpha value is -2.63. The third-order valence-corrected chi connectivity index (χ3v) is 4.80. The molecular formula is C23H27CoN3O. The van der Waals surface area contributed by atoms with Crippen molar-refractivity contribution in [2.24, 2.45) is 0 Å². The largest absolute Gasteiger partial charge is 0.493 e. The number of para-hydroxylation sites is 1. The Morgan fingerprint density at radius 1 is 1.04 bits per heavy atom. The van der Waals surface area contributed by atoms with E-state index < -0.39 is 0 Å². The second kappa shape index (κ2) is 10.1. The summed E-state index contributed by atoms with van der Waals surface area (Å²) in [5, 5.41) is 22.7. The predicted molar refractivity (Wildman–Crippen MR) is 115 cm³/mol. The summed E-state index contributed by atoms with van der Waals surface area (Å²) < 4.78 is 0. The molecule has 0 saturated heterocycles. The maximum atomic E-state index is 8.79. The van der Waals surface area contributed by atoms with E-state index in [0.717, 1.165) is 5.56 Å². The molecule has 0 unspecified atom stereocenters. The molecule has 149 valence electrons. The average molecular weight is 420 g/mol. The van der Waals surface area contributed by atoms with Crippen LogP contribution in [-0.2, 0) is 22.2 Å². The number of rotatable bonds is 3. The van der Waals surface area contributed by atoms with Crippen molar-refractivity contribution in [1.82, 2.24) is 0 Å². The fourth-order valence-electron chi connectivity index (χ4n) is 3.34. The van der Waals surface area contributed by atoms with E-state index in [4.69, 9.17) is 15.9 Å². The van der Waals surface area contributed by atoms with Crippen LogP contribution >= 0.6 is 0 Å². The molecule has 4 nitrogen and oxygen atoms in total. The Kier molecular flexibility index (Phi) is 8.41. The van der Waals surface area contributed by atoms with Crippen molar-refractivity contribution in [3.63, 3.8) is 0 Å². The summed E-state index contributed by atoms with van der Waals surface area (Å²) >= 11 is 0. The summed E-state index contributed by atoms with van der Waals surface area (Å²) in [6.07, 6.45) is 7.05. The molecule has 1 radical (unpaired) electrons. The number of allylic oxidation sites excluding steroid dienone is 4. The summed E-state index contributed by atoms with van der Waals surface area (Å²) in [7, 11) is 2.09. The minimum atomic E-state index is -0.363. The Morgan fingerprint density at radius 3 is 2.18 bits per heavy atom. The first-order valence-corrected chi connectivity index (χ1v) is 8.85. The zero-order valence-corrected chi connectivity index (χ0v) is 17.7. The number of aliphatic hydroxyl groups is 1. The third kappa shape index (κ3) is 5.00. The van der Waals surface area contributed by atoms with Crippen LogP contribution in [0.4, 0.5) is 5.69 Å². The number of benzene rings is 2. The minimum absolute atomic E-state index is 0. The Balaban J connectivity index is 0.000000307. The molecule has 2 aromatic carbocycles. The van der Waals surface area contributed by atoms with E-state index in [9.17, 15) is 0 Å². The van der Waals surface area contributed by atoms with Crippen molar-refractivity contribution in [2.45, 2.75) is 26.2 Å². The Morgan fingerprint density at radius 2 is 1.64 bits per heavy atom. The molecule has 0 aromatic heterocycles. The fourth-order valence-corrected chi connectivity index (χ4v) is 3.34. The first-order chi connectivity index (χ1) is 12.8. The van der Waals surface area contributed by atoms with E-state index in [1.807, 2.05) is 25.1 Å². The molecule has 0 fully saturated rings. The van der Waals surface area contributed by atoms with Crippen molar-refractivity contribution >= 4 is 17.8 Å². The molecule has 1 aliphatic rings. The molecule has 1 heterocycles. The maximum absolute atomic E-state index is 8.79. The van der Waals surface area contributed by atoms with Gasteiger partial charge in [-0.3, -0.25) is 5.41 Å². The van der Waals surface area contributed by atoms with Gasteiger partial charge in [0.15, 0.2) is 0 Å². The van der Waals surface area contributed by atoms with Gasteiger partial charge in [0.05, 0.1) is 0 Å². The first kappa shape index (κ1) is 23.4. The molecule has 0 atom stereocenters. The van der Waals surface area contributed by atoms with E-state index in [1.165, 1.54) is 23.2 Å². The smallest absolute Gasteiger partial charge is 0.210 e. The van der Waals surface area contributed by atoms with Crippen LogP contribution in [0.5, 0.6) is 0 Å². The van der Waals surface area contributed by atoms with E-state index >= 15 is 0 Å². The summed E-state index contributed by atoms with van der Waals surface area (Å²) in [4.78, 5) is 2.23. The molecule has 3 rings (SSSR count). The molecule has 28 heavy (non-hydrogen) atoms. The standard InChI is InChI=1S/C15H18N2.C8H9NO.Co/c1-15(2)12-8-4-5-9-13(12)17(3)14(15)10-6-7-11-16;1-6-4-2-3-5-7(6)8(9)10;/h4-11,16H,1-3H3;2-5H,1H3,(H2,9,10);/b7-6+,14-10-,16-11?;;. The van der Waals surface area contributed by atoms with Crippen LogP contribution in [-0.4, -0.2) is 24.3 Å². The van der Waals surface area contributed by atoms with Crippen LogP contribution in [0.1, 0.15) is 30.5 Å². The molecule has 0 amide bonds. The number of hydrogen-bond donors (Lipinski definition) is 3. The number of nitrogens with zero attached hydrogens (tertiary/aromatic N) is 1. The van der Waals surface area contributed by atoms with E-state index in [0.29, 0.717) is 5.56 Å². The summed E-state index contributed by atoms with van der Waals surface area (Å²) in [5.41, 5.74) is 5.44. The van der Waals surface area contributed by atoms with Gasteiger partial charge in [0.1, 0.15) is 0 Å². The number of likely N-dealkylation sites (N-methyl/N-ethyl adjacent to an activating group) is 1. The number of hydrogen-bond acceptors (Lipinski definition) is 3. The average Bonchev–Trinajstić information content (AvgIpc) is 2.83. The van der Waals surface area contributed by atoms with Gasteiger partial charge in [-0.15, -0.1) is 0 Å². The molecule has 0 saturated carbocycles. The van der Waals surface area contributed by atoms with Crippen LogP contribution in [0.2, 0.25) is 0 Å². The number of anilines is 1. The summed E-state index contributed by atoms with van der Waals surface area (Å²) in [5.74, 6) is -0.363. The number of aliphatic hydroxyl groups excluding tert-OH is 1. The number of fused-ring (bicyclic) bond motifs is 1. The second-order valence-corrected chi connectivity index (χ2v) is 6.97. The third-order valence-electron chi connectivity index (χ3n) is 4.80. The van der Waals surface area contributed by atoms with Gasteiger partial charge in [-0.2, -0.15) is 0 Å². The first-order valence-electron chi connectivity index (χ1n) is 8.85. The molecule has 5 heteroatoms. The summed E-state index contributed by atoms with van der Waals surface area (Å²) in [6.45, 7) is 6.33. The normalized spacial score (nSPS) is 15.4. The molecule has 2 aromatic rings. The van der Waals surface area contributed by atoms with Gasteiger partial charge in [-0.1, -0.05) is 56.3 Å². The van der Waals surface area contributed by atoms with Crippen LogP contribution in [0, 0.1) is 17.7 Å². The second-order valence-electron chi connectivity index (χ2n) is 6.97. The zero-order valence-electron chi connectivity index (χ0n) is 16.7. The van der Waals surface area contributed by atoms with Gasteiger partial charge in [-0.25, -0.2) is 0 Å². The maximum Gasteiger partial charge on any atom is 0.210 e. The van der Waals surface area contributed by atoms with Crippen LogP contribution in [0.25, 0.3) is 0 Å². The quantitative estimate of drug-likeness (QED) is 0.461. The molecule has 0 spiro atoms. The van der Waals surface area contributed by atoms with Gasteiger partial charge in [0.2, 0.25) is 5.90 Å². The van der Waals surface area contributed by atoms with Crippen molar-refractivity contribution in [2.75, 3.05) is 11.9 Å². The Bertz CT molecular complexity index is 900. The van der Waals surface area contributed by atoms with Gasteiger partial charge in [0, 0.05) is 52.4 Å². The molecule has 1 aliphatic heterocycles. The Labute approximate surface area is 177 Å². The molecular weight excluding hydrogens is 393 g/mol. The molecule has 0 aliphatic carbocycles. The monoisotopic (exact) mass is 420 g/mol. The van der Waals surface area contributed by atoms with E-state index in [2.05, 4.69) is 56.1 Å². The van der Waals surface area contributed by atoms with E-state index in [-0.39, 0.29) is 28.1 Å². The van der Waals surface area contributed by atoms with Crippen LogP contribution in [0.15, 0.2) is 72.5 Å². The van der Waals surface area contributed by atoms with Crippen molar-refractivity contribution in [3.05, 3.63) is 89.1 Å². The van der Waals surface area contributed by atoms with Crippen LogP contribution in [0.3, 0.4) is 0 Å². The van der Waals surface area contributed by atoms with Gasteiger partial charge in [-0.05, 0) is 42.3 Å². The predicted octanol–water partition coefficient (Wildman–Crippen LogP) is 5.38. The number of aryl methyl sites for hydroxylation is 1. The van der Waals surface area contributed by atoms with E-state index in [1.54, 1.807) is 18.2 Å². The summed E-state index contributed by atoms with van der Waals surface area (Å²) in [6, 6.07) is 15.8. The van der Waals surface area contributed by atoms with Gasteiger partial charge < -0.3 is 15.4 Å². The zero-order chi connectivity index (χ0) is 20.0. The number of nitrogens with one attached hydrogen (secondary N) is 2. The molecule has 3 N–H and O–H groups in total. The molecule has 0 bridgehead atoms. The van der Waals surface area contributed by atoms with Crippen molar-refractivity contribution < 1.29 is 21.9 Å².